The van der Waals surface area contributed by atoms with Crippen LogP contribution in [0.25, 0.3) is 11.4 Å². The molecular formula is C16H14N4O. The van der Waals surface area contributed by atoms with Gasteiger partial charge in [0.1, 0.15) is 11.5 Å². The number of aromatic nitrogens is 3. The van der Waals surface area contributed by atoms with Crippen molar-refractivity contribution in [2.45, 2.75) is 6.54 Å². The van der Waals surface area contributed by atoms with E-state index in [1.165, 1.54) is 0 Å². The minimum Gasteiger partial charge on any atom is -0.347 e. The molecule has 21 heavy (non-hydrogen) atoms. The normalized spacial score (nSPS) is 10.3. The van der Waals surface area contributed by atoms with Crippen molar-refractivity contribution in [3.05, 3.63) is 72.3 Å². The molecule has 2 N–H and O–H groups in total. The lowest BCUT2D eigenvalue weighted by Crippen LogP contribution is -2.23. The van der Waals surface area contributed by atoms with Crippen LogP contribution in [0.15, 0.2) is 61.1 Å². The molecule has 3 aromatic rings. The average Bonchev–Trinajstić information content (AvgIpc) is 3.04. The summed E-state index contributed by atoms with van der Waals surface area (Å²) in [6, 6.07) is 13.4. The quantitative estimate of drug-likeness (QED) is 0.770. The zero-order valence-electron chi connectivity index (χ0n) is 11.3. The SMILES string of the molecule is O=C(NCc1cccnc1)c1cnc(-c2ccccc2)[nH]1. The summed E-state index contributed by atoms with van der Waals surface area (Å²) in [5.41, 5.74) is 2.34. The van der Waals surface area contributed by atoms with E-state index in [4.69, 9.17) is 0 Å². The number of carbonyl (C=O) groups is 1. The number of carbonyl (C=O) groups excluding carboxylic acids is 1. The number of H-pyrrole nitrogens is 1. The van der Waals surface area contributed by atoms with E-state index in [1.807, 2.05) is 42.5 Å². The van der Waals surface area contributed by atoms with Gasteiger partial charge in [-0.05, 0) is 11.6 Å². The molecule has 0 bridgehead atoms. The lowest BCUT2D eigenvalue weighted by Gasteiger charge is -2.02. The maximum absolute atomic E-state index is 12.1. The number of imidazole rings is 1. The molecule has 1 aromatic carbocycles. The van der Waals surface area contributed by atoms with Gasteiger partial charge in [0.05, 0.1) is 6.20 Å². The Balaban J connectivity index is 1.67. The minimum absolute atomic E-state index is 0.187. The summed E-state index contributed by atoms with van der Waals surface area (Å²) in [5, 5.41) is 2.83. The fourth-order valence-corrected chi connectivity index (χ4v) is 1.96. The molecule has 5 nitrogen and oxygen atoms in total. The molecule has 0 fully saturated rings. The molecule has 0 atom stereocenters. The van der Waals surface area contributed by atoms with Crippen molar-refractivity contribution in [1.82, 2.24) is 20.3 Å². The van der Waals surface area contributed by atoms with Crippen LogP contribution in [0, 0.1) is 0 Å². The van der Waals surface area contributed by atoms with Gasteiger partial charge in [0.15, 0.2) is 0 Å². The van der Waals surface area contributed by atoms with Gasteiger partial charge in [-0.3, -0.25) is 9.78 Å². The van der Waals surface area contributed by atoms with Crippen LogP contribution in [-0.4, -0.2) is 20.9 Å². The van der Waals surface area contributed by atoms with E-state index in [0.717, 1.165) is 11.1 Å². The van der Waals surface area contributed by atoms with Crippen molar-refractivity contribution in [3.8, 4) is 11.4 Å². The first-order valence-corrected chi connectivity index (χ1v) is 6.60. The largest absolute Gasteiger partial charge is 0.347 e. The third-order valence-electron chi connectivity index (χ3n) is 3.04. The molecule has 0 spiro atoms. The molecule has 104 valence electrons. The average molecular weight is 278 g/mol. The molecule has 2 heterocycles. The molecule has 0 saturated carbocycles. The summed E-state index contributed by atoms with van der Waals surface area (Å²) in [6.07, 6.45) is 4.97. The minimum atomic E-state index is -0.187. The van der Waals surface area contributed by atoms with Gasteiger partial charge >= 0.3 is 0 Å². The molecule has 0 aliphatic rings. The number of rotatable bonds is 4. The summed E-state index contributed by atoms with van der Waals surface area (Å²) in [6.45, 7) is 0.437. The number of amides is 1. The van der Waals surface area contributed by atoms with Crippen LogP contribution in [0.3, 0.4) is 0 Å². The number of hydrogen-bond acceptors (Lipinski definition) is 3. The molecule has 0 unspecified atom stereocenters. The fourth-order valence-electron chi connectivity index (χ4n) is 1.96. The van der Waals surface area contributed by atoms with Crippen LogP contribution in [0.5, 0.6) is 0 Å². The van der Waals surface area contributed by atoms with Crippen LogP contribution in [0.4, 0.5) is 0 Å². The van der Waals surface area contributed by atoms with Gasteiger partial charge in [-0.2, -0.15) is 0 Å². The van der Waals surface area contributed by atoms with Crippen molar-refractivity contribution in [2.75, 3.05) is 0 Å². The lowest BCUT2D eigenvalue weighted by atomic mass is 10.2. The highest BCUT2D eigenvalue weighted by molar-refractivity contribution is 5.92. The highest BCUT2D eigenvalue weighted by Gasteiger charge is 2.10. The Kier molecular flexibility index (Phi) is 3.73. The number of pyridine rings is 1. The second-order valence-corrected chi connectivity index (χ2v) is 4.56. The van der Waals surface area contributed by atoms with Crippen LogP contribution >= 0.6 is 0 Å². The van der Waals surface area contributed by atoms with Gasteiger partial charge in [-0.1, -0.05) is 36.4 Å². The molecule has 0 aliphatic heterocycles. The molecule has 0 saturated heterocycles. The highest BCUT2D eigenvalue weighted by atomic mass is 16.1. The van der Waals surface area contributed by atoms with Crippen molar-refractivity contribution >= 4 is 5.91 Å². The number of benzene rings is 1. The Bertz CT molecular complexity index is 722. The maximum atomic E-state index is 12.1. The highest BCUT2D eigenvalue weighted by Crippen LogP contribution is 2.14. The van der Waals surface area contributed by atoms with Crippen molar-refractivity contribution in [1.29, 1.82) is 0 Å². The fraction of sp³-hybridized carbons (Fsp3) is 0.0625. The van der Waals surface area contributed by atoms with E-state index in [0.29, 0.717) is 18.1 Å². The first-order chi connectivity index (χ1) is 10.3. The first-order valence-electron chi connectivity index (χ1n) is 6.60. The summed E-state index contributed by atoms with van der Waals surface area (Å²) in [7, 11) is 0. The number of aromatic amines is 1. The monoisotopic (exact) mass is 278 g/mol. The summed E-state index contributed by atoms with van der Waals surface area (Å²) in [5.74, 6) is 0.496. The zero-order chi connectivity index (χ0) is 14.5. The predicted octanol–water partition coefficient (Wildman–Crippen LogP) is 2.40. The predicted molar refractivity (Wildman–Crippen MR) is 79.4 cm³/mol. The van der Waals surface area contributed by atoms with E-state index < -0.39 is 0 Å². The van der Waals surface area contributed by atoms with Crippen LogP contribution < -0.4 is 5.32 Å². The molecule has 1 amide bonds. The van der Waals surface area contributed by atoms with E-state index in [1.54, 1.807) is 18.6 Å². The van der Waals surface area contributed by atoms with Gasteiger partial charge in [0, 0.05) is 24.5 Å². The maximum Gasteiger partial charge on any atom is 0.269 e. The van der Waals surface area contributed by atoms with Crippen LogP contribution in [-0.2, 0) is 6.54 Å². The Morgan fingerprint density at radius 2 is 1.95 bits per heavy atom. The molecule has 3 rings (SSSR count). The van der Waals surface area contributed by atoms with Crippen molar-refractivity contribution in [2.24, 2.45) is 0 Å². The molecule has 5 heteroatoms. The van der Waals surface area contributed by atoms with Gasteiger partial charge < -0.3 is 10.3 Å². The Hall–Kier alpha value is -2.95. The zero-order valence-corrected chi connectivity index (χ0v) is 11.3. The van der Waals surface area contributed by atoms with Gasteiger partial charge in [-0.25, -0.2) is 4.98 Å². The third kappa shape index (κ3) is 3.14. The second kappa shape index (κ2) is 6.00. The summed E-state index contributed by atoms with van der Waals surface area (Å²) in [4.78, 5) is 23.3. The lowest BCUT2D eigenvalue weighted by molar-refractivity contribution is 0.0946. The van der Waals surface area contributed by atoms with E-state index >= 15 is 0 Å². The molecule has 0 radical (unpaired) electrons. The Labute approximate surface area is 122 Å². The number of hydrogen-bond donors (Lipinski definition) is 2. The third-order valence-corrected chi connectivity index (χ3v) is 3.04. The number of nitrogens with one attached hydrogen (secondary N) is 2. The molecular weight excluding hydrogens is 264 g/mol. The van der Waals surface area contributed by atoms with Crippen LogP contribution in [0.1, 0.15) is 16.1 Å². The first kappa shape index (κ1) is 13.1. The topological polar surface area (TPSA) is 70.7 Å². The van der Waals surface area contributed by atoms with Gasteiger partial charge in [0.25, 0.3) is 5.91 Å². The Morgan fingerprint density at radius 3 is 2.71 bits per heavy atom. The number of nitrogens with zero attached hydrogens (tertiary/aromatic N) is 2. The summed E-state index contributed by atoms with van der Waals surface area (Å²) >= 11 is 0. The molecule has 0 aliphatic carbocycles. The summed E-state index contributed by atoms with van der Waals surface area (Å²) < 4.78 is 0. The van der Waals surface area contributed by atoms with E-state index in [9.17, 15) is 4.79 Å². The van der Waals surface area contributed by atoms with Crippen molar-refractivity contribution < 1.29 is 4.79 Å². The van der Waals surface area contributed by atoms with E-state index in [-0.39, 0.29) is 5.91 Å². The smallest absolute Gasteiger partial charge is 0.269 e. The van der Waals surface area contributed by atoms with Gasteiger partial charge in [-0.15, -0.1) is 0 Å². The Morgan fingerprint density at radius 1 is 1.10 bits per heavy atom. The van der Waals surface area contributed by atoms with Gasteiger partial charge in [0.2, 0.25) is 0 Å². The van der Waals surface area contributed by atoms with Crippen molar-refractivity contribution in [3.63, 3.8) is 0 Å². The molecule has 2 aromatic heterocycles. The standard InChI is InChI=1S/C16H14N4O/c21-16(19-10-12-5-4-8-17-9-12)14-11-18-15(20-14)13-6-2-1-3-7-13/h1-9,11H,10H2,(H,18,20)(H,19,21). The van der Waals surface area contributed by atoms with E-state index in [2.05, 4.69) is 20.3 Å². The second-order valence-electron chi connectivity index (χ2n) is 4.56. The van der Waals surface area contributed by atoms with Crippen LogP contribution in [0.2, 0.25) is 0 Å².